The zero-order valence-corrected chi connectivity index (χ0v) is 10.4. The van der Waals surface area contributed by atoms with Crippen LogP contribution in [0, 0.1) is 0 Å². The molecule has 1 saturated heterocycles. The molecule has 1 unspecified atom stereocenters. The number of imide groups is 1. The van der Waals surface area contributed by atoms with Crippen LogP contribution in [0.4, 0.5) is 10.5 Å². The van der Waals surface area contributed by atoms with Crippen LogP contribution in [-0.2, 0) is 4.79 Å². The number of carbonyl (C=O) groups excluding carboxylic acids is 2. The van der Waals surface area contributed by atoms with Crippen LogP contribution in [-0.4, -0.2) is 30.0 Å². The Balaban J connectivity index is 2.15. The lowest BCUT2D eigenvalue weighted by Gasteiger charge is -2.12. The number of thioether (sulfide) groups is 1. The van der Waals surface area contributed by atoms with Gasteiger partial charge in [0.25, 0.3) is 5.91 Å². The maximum atomic E-state index is 12.1. The summed E-state index contributed by atoms with van der Waals surface area (Å²) in [6.45, 7) is 0. The van der Waals surface area contributed by atoms with Crippen molar-refractivity contribution in [3.05, 3.63) is 30.3 Å². The van der Waals surface area contributed by atoms with Gasteiger partial charge < -0.3 is 5.32 Å². The van der Waals surface area contributed by atoms with Gasteiger partial charge in [0, 0.05) is 0 Å². The highest BCUT2D eigenvalue weighted by Crippen LogP contribution is 2.20. The molecule has 1 N–H and O–H groups in total. The smallest absolute Gasteiger partial charge is 0.325 e. The van der Waals surface area contributed by atoms with Crippen molar-refractivity contribution in [2.24, 2.45) is 0 Å². The van der Waals surface area contributed by atoms with Gasteiger partial charge in [-0.3, -0.25) is 4.79 Å². The van der Waals surface area contributed by atoms with Crippen LogP contribution in [0.25, 0.3) is 0 Å². The van der Waals surface area contributed by atoms with Crippen LogP contribution in [0.1, 0.15) is 6.42 Å². The zero-order chi connectivity index (χ0) is 12.3. The Bertz CT molecular complexity index is 422. The molecule has 1 atom stereocenters. The Morgan fingerprint density at radius 3 is 2.65 bits per heavy atom. The first kappa shape index (κ1) is 12.0. The summed E-state index contributed by atoms with van der Waals surface area (Å²) in [4.78, 5) is 25.0. The van der Waals surface area contributed by atoms with E-state index in [1.807, 2.05) is 24.5 Å². The number of urea groups is 1. The number of anilines is 1. The van der Waals surface area contributed by atoms with Gasteiger partial charge in [0.05, 0.1) is 5.69 Å². The van der Waals surface area contributed by atoms with E-state index in [1.54, 1.807) is 23.9 Å². The van der Waals surface area contributed by atoms with Gasteiger partial charge in [0.1, 0.15) is 6.04 Å². The zero-order valence-electron chi connectivity index (χ0n) is 9.55. The molecule has 3 amide bonds. The third kappa shape index (κ3) is 2.44. The molecule has 1 aromatic carbocycles. The van der Waals surface area contributed by atoms with E-state index in [0.29, 0.717) is 12.1 Å². The van der Waals surface area contributed by atoms with Crippen molar-refractivity contribution in [3.8, 4) is 0 Å². The third-order valence-electron chi connectivity index (χ3n) is 2.64. The van der Waals surface area contributed by atoms with E-state index >= 15 is 0 Å². The summed E-state index contributed by atoms with van der Waals surface area (Å²) < 4.78 is 0. The second-order valence-corrected chi connectivity index (χ2v) is 4.78. The molecule has 0 radical (unpaired) electrons. The highest BCUT2D eigenvalue weighted by atomic mass is 32.2. The Morgan fingerprint density at radius 2 is 2.00 bits per heavy atom. The number of benzene rings is 1. The van der Waals surface area contributed by atoms with E-state index in [1.165, 1.54) is 4.90 Å². The van der Waals surface area contributed by atoms with Crippen LogP contribution in [0.2, 0.25) is 0 Å². The summed E-state index contributed by atoms with van der Waals surface area (Å²) in [5.41, 5.74) is 0.627. The van der Waals surface area contributed by atoms with E-state index in [2.05, 4.69) is 5.32 Å². The minimum absolute atomic E-state index is 0.157. The Morgan fingerprint density at radius 1 is 1.29 bits per heavy atom. The predicted molar refractivity (Wildman–Crippen MR) is 69.2 cm³/mol. The quantitative estimate of drug-likeness (QED) is 0.830. The van der Waals surface area contributed by atoms with Crippen molar-refractivity contribution >= 4 is 29.4 Å². The highest BCUT2D eigenvalue weighted by Gasteiger charge is 2.38. The molecule has 0 aliphatic carbocycles. The molecule has 90 valence electrons. The Hall–Kier alpha value is -1.49. The number of hydrogen-bond acceptors (Lipinski definition) is 3. The van der Waals surface area contributed by atoms with Crippen LogP contribution in [0.3, 0.4) is 0 Å². The standard InChI is InChI=1S/C12H14N2O2S/c1-17-8-7-10-11(15)14(12(16)13-10)9-5-3-2-4-6-9/h2-6,10H,7-8H2,1H3,(H,13,16). The predicted octanol–water partition coefficient (Wildman–Crippen LogP) is 1.86. The molecule has 1 aliphatic rings. The molecule has 0 saturated carbocycles. The van der Waals surface area contributed by atoms with E-state index in [9.17, 15) is 9.59 Å². The first-order valence-electron chi connectivity index (χ1n) is 5.42. The number of nitrogens with one attached hydrogen (secondary N) is 1. The lowest BCUT2D eigenvalue weighted by atomic mass is 10.2. The van der Waals surface area contributed by atoms with Crippen LogP contribution >= 0.6 is 11.8 Å². The minimum Gasteiger partial charge on any atom is -0.325 e. The minimum atomic E-state index is -0.379. The average molecular weight is 250 g/mol. The van der Waals surface area contributed by atoms with Crippen LogP contribution in [0.15, 0.2) is 30.3 Å². The van der Waals surface area contributed by atoms with Gasteiger partial charge >= 0.3 is 6.03 Å². The SMILES string of the molecule is CSCCC1NC(=O)N(c2ccccc2)C1=O. The van der Waals surface area contributed by atoms with Crippen LogP contribution in [0.5, 0.6) is 0 Å². The van der Waals surface area contributed by atoms with Crippen molar-refractivity contribution in [2.75, 3.05) is 16.9 Å². The van der Waals surface area contributed by atoms with E-state index < -0.39 is 0 Å². The second kappa shape index (κ2) is 5.23. The summed E-state index contributed by atoms with van der Waals surface area (Å²) in [6, 6.07) is 8.29. The maximum Gasteiger partial charge on any atom is 0.329 e. The monoisotopic (exact) mass is 250 g/mol. The molecule has 4 nitrogen and oxygen atoms in total. The molecule has 1 heterocycles. The summed E-state index contributed by atoms with van der Waals surface area (Å²) in [5, 5.41) is 2.71. The largest absolute Gasteiger partial charge is 0.329 e. The number of hydrogen-bond donors (Lipinski definition) is 1. The van der Waals surface area contributed by atoms with E-state index in [0.717, 1.165) is 5.75 Å². The van der Waals surface area contributed by atoms with Gasteiger partial charge in [-0.1, -0.05) is 18.2 Å². The molecule has 0 bridgehead atoms. The molecule has 0 spiro atoms. The fourth-order valence-electron chi connectivity index (χ4n) is 1.78. The Kier molecular flexibility index (Phi) is 3.68. The first-order chi connectivity index (χ1) is 8.24. The molecule has 1 aromatic rings. The highest BCUT2D eigenvalue weighted by molar-refractivity contribution is 7.98. The first-order valence-corrected chi connectivity index (χ1v) is 6.82. The van der Waals surface area contributed by atoms with Crippen molar-refractivity contribution in [2.45, 2.75) is 12.5 Å². The van der Waals surface area contributed by atoms with E-state index in [4.69, 9.17) is 0 Å². The molecular weight excluding hydrogens is 236 g/mol. The normalized spacial score (nSPS) is 19.6. The topological polar surface area (TPSA) is 49.4 Å². The lowest BCUT2D eigenvalue weighted by Crippen LogP contribution is -2.31. The van der Waals surface area contributed by atoms with Crippen molar-refractivity contribution < 1.29 is 9.59 Å². The molecule has 1 fully saturated rings. The molecule has 1 aliphatic heterocycles. The average Bonchev–Trinajstić information content (AvgIpc) is 2.63. The van der Waals surface area contributed by atoms with Gasteiger partial charge in [-0.25, -0.2) is 9.69 Å². The molecule has 2 rings (SSSR count). The van der Waals surface area contributed by atoms with Crippen molar-refractivity contribution in [1.82, 2.24) is 5.32 Å². The molecular formula is C12H14N2O2S. The van der Waals surface area contributed by atoms with Crippen LogP contribution < -0.4 is 10.2 Å². The van der Waals surface area contributed by atoms with Gasteiger partial charge in [0.15, 0.2) is 0 Å². The molecule has 0 aromatic heterocycles. The van der Waals surface area contributed by atoms with Crippen molar-refractivity contribution in [1.29, 1.82) is 0 Å². The summed E-state index contributed by atoms with van der Waals surface area (Å²) >= 11 is 1.67. The number of carbonyl (C=O) groups is 2. The fourth-order valence-corrected chi connectivity index (χ4v) is 2.26. The summed E-state index contributed by atoms with van der Waals surface area (Å²) in [5.74, 6) is 0.703. The number of para-hydroxylation sites is 1. The van der Waals surface area contributed by atoms with Crippen molar-refractivity contribution in [3.63, 3.8) is 0 Å². The number of amides is 3. The molecule has 17 heavy (non-hydrogen) atoms. The summed E-state index contributed by atoms with van der Waals surface area (Å²) in [7, 11) is 0. The second-order valence-electron chi connectivity index (χ2n) is 3.79. The Labute approximate surface area is 104 Å². The fraction of sp³-hybridized carbons (Fsp3) is 0.333. The van der Waals surface area contributed by atoms with E-state index in [-0.39, 0.29) is 18.0 Å². The number of rotatable bonds is 4. The summed E-state index contributed by atoms with van der Waals surface area (Å²) in [6.07, 6.45) is 2.66. The van der Waals surface area contributed by atoms with Gasteiger partial charge in [-0.15, -0.1) is 0 Å². The lowest BCUT2D eigenvalue weighted by molar-refractivity contribution is -0.118. The third-order valence-corrected chi connectivity index (χ3v) is 3.29. The number of nitrogens with zero attached hydrogens (tertiary/aromatic N) is 1. The van der Waals surface area contributed by atoms with Gasteiger partial charge in [-0.2, -0.15) is 11.8 Å². The van der Waals surface area contributed by atoms with Gasteiger partial charge in [0.2, 0.25) is 0 Å². The maximum absolute atomic E-state index is 12.1. The molecule has 5 heteroatoms. The van der Waals surface area contributed by atoms with Gasteiger partial charge in [-0.05, 0) is 30.6 Å².